The van der Waals surface area contributed by atoms with Crippen molar-refractivity contribution in [3.63, 3.8) is 0 Å². The van der Waals surface area contributed by atoms with Crippen molar-refractivity contribution in [3.05, 3.63) is 69.8 Å². The summed E-state index contributed by atoms with van der Waals surface area (Å²) >= 11 is 1.60. The molecule has 5 aromatic rings. The first-order valence-electron chi connectivity index (χ1n) is 10.8. The Morgan fingerprint density at radius 3 is 2.50 bits per heavy atom. The highest BCUT2D eigenvalue weighted by atomic mass is 32.2. The fourth-order valence-electron chi connectivity index (χ4n) is 4.28. The fraction of sp³-hybridized carbons (Fsp3) is 0.174. The van der Waals surface area contributed by atoms with Crippen molar-refractivity contribution in [3.8, 4) is 11.4 Å². The first kappa shape index (κ1) is 21.0. The summed E-state index contributed by atoms with van der Waals surface area (Å²) in [5.74, 6) is 1.48. The van der Waals surface area contributed by atoms with Crippen LogP contribution in [0, 0.1) is 0 Å². The number of anilines is 1. The number of rotatable bonds is 4. The van der Waals surface area contributed by atoms with E-state index in [9.17, 15) is 13.2 Å². The van der Waals surface area contributed by atoms with E-state index in [1.807, 2.05) is 41.1 Å². The van der Waals surface area contributed by atoms with Gasteiger partial charge in [-0.1, -0.05) is 12.1 Å². The summed E-state index contributed by atoms with van der Waals surface area (Å²) in [7, 11) is -3.70. The SMILES string of the molecule is O=c1[nH]c2ccc(S(=O)(=O)N3CCN(c4nc(-c5ccsc5)nc5ccccc45)CC3)cc2[nH]1. The number of nitrogens with zero attached hydrogens (tertiary/aromatic N) is 4. The van der Waals surface area contributed by atoms with E-state index in [0.29, 0.717) is 43.0 Å². The lowest BCUT2D eigenvalue weighted by Gasteiger charge is -2.35. The van der Waals surface area contributed by atoms with Crippen LogP contribution in [-0.2, 0) is 10.0 Å². The molecule has 34 heavy (non-hydrogen) atoms. The maximum Gasteiger partial charge on any atom is 0.323 e. The minimum atomic E-state index is -3.70. The molecule has 2 aromatic carbocycles. The molecule has 4 heterocycles. The highest BCUT2D eigenvalue weighted by molar-refractivity contribution is 7.89. The van der Waals surface area contributed by atoms with E-state index < -0.39 is 10.0 Å². The second kappa shape index (κ2) is 8.05. The summed E-state index contributed by atoms with van der Waals surface area (Å²) in [4.78, 5) is 28.7. The number of aromatic amines is 2. The molecule has 3 aromatic heterocycles. The minimum Gasteiger partial charge on any atom is -0.353 e. The van der Waals surface area contributed by atoms with Crippen molar-refractivity contribution in [2.24, 2.45) is 0 Å². The first-order chi connectivity index (χ1) is 16.5. The Kier molecular flexibility index (Phi) is 4.97. The second-order valence-electron chi connectivity index (χ2n) is 8.08. The molecule has 0 atom stereocenters. The third kappa shape index (κ3) is 3.58. The molecule has 0 aliphatic carbocycles. The summed E-state index contributed by atoms with van der Waals surface area (Å²) in [6, 6.07) is 14.5. The van der Waals surface area contributed by atoms with E-state index in [1.165, 1.54) is 16.4 Å². The van der Waals surface area contributed by atoms with E-state index in [1.54, 1.807) is 17.4 Å². The van der Waals surface area contributed by atoms with Gasteiger partial charge in [-0.25, -0.2) is 23.2 Å². The third-order valence-corrected chi connectivity index (χ3v) is 8.60. The maximum atomic E-state index is 13.3. The van der Waals surface area contributed by atoms with Crippen LogP contribution in [0.15, 0.2) is 69.0 Å². The Hall–Kier alpha value is -3.54. The largest absolute Gasteiger partial charge is 0.353 e. The van der Waals surface area contributed by atoms with Crippen LogP contribution in [0.25, 0.3) is 33.3 Å². The molecule has 1 fully saturated rings. The molecule has 0 saturated carbocycles. The monoisotopic (exact) mass is 492 g/mol. The number of fused-ring (bicyclic) bond motifs is 2. The summed E-state index contributed by atoms with van der Waals surface area (Å²) in [5, 5.41) is 4.96. The van der Waals surface area contributed by atoms with Crippen LogP contribution >= 0.6 is 11.3 Å². The number of para-hydroxylation sites is 1. The highest BCUT2D eigenvalue weighted by Gasteiger charge is 2.30. The van der Waals surface area contributed by atoms with Gasteiger partial charge >= 0.3 is 5.69 Å². The summed E-state index contributed by atoms with van der Waals surface area (Å²) in [6.45, 7) is 1.67. The van der Waals surface area contributed by atoms with Gasteiger partial charge in [0.15, 0.2) is 5.82 Å². The smallest absolute Gasteiger partial charge is 0.323 e. The van der Waals surface area contributed by atoms with Gasteiger partial charge in [0.2, 0.25) is 10.0 Å². The van der Waals surface area contributed by atoms with Gasteiger partial charge in [0.1, 0.15) is 5.82 Å². The van der Waals surface area contributed by atoms with Gasteiger partial charge in [-0.2, -0.15) is 15.6 Å². The van der Waals surface area contributed by atoms with Crippen LogP contribution in [0.3, 0.4) is 0 Å². The third-order valence-electron chi connectivity index (χ3n) is 6.03. The molecule has 6 rings (SSSR count). The van der Waals surface area contributed by atoms with Crippen molar-refractivity contribution in [1.82, 2.24) is 24.2 Å². The molecule has 172 valence electrons. The van der Waals surface area contributed by atoms with Crippen LogP contribution in [0.4, 0.5) is 5.82 Å². The number of H-pyrrole nitrogens is 2. The molecule has 0 bridgehead atoms. The number of sulfonamides is 1. The Bertz CT molecular complexity index is 1670. The molecular formula is C23H20N6O3S2. The van der Waals surface area contributed by atoms with Crippen LogP contribution in [0.1, 0.15) is 0 Å². The van der Waals surface area contributed by atoms with Gasteiger partial charge < -0.3 is 14.9 Å². The first-order valence-corrected chi connectivity index (χ1v) is 13.1. The molecule has 0 spiro atoms. The topological polar surface area (TPSA) is 115 Å². The number of hydrogen-bond donors (Lipinski definition) is 2. The zero-order valence-corrected chi connectivity index (χ0v) is 19.6. The lowest BCUT2D eigenvalue weighted by atomic mass is 10.2. The van der Waals surface area contributed by atoms with E-state index in [0.717, 1.165) is 22.3 Å². The minimum absolute atomic E-state index is 0.163. The lowest BCUT2D eigenvalue weighted by Crippen LogP contribution is -2.49. The summed E-state index contributed by atoms with van der Waals surface area (Å²) in [5.41, 5.74) is 2.51. The van der Waals surface area contributed by atoms with E-state index in [2.05, 4.69) is 14.9 Å². The number of nitrogens with one attached hydrogen (secondary N) is 2. The van der Waals surface area contributed by atoms with E-state index in [-0.39, 0.29) is 10.6 Å². The molecule has 0 unspecified atom stereocenters. The number of benzene rings is 2. The van der Waals surface area contributed by atoms with E-state index in [4.69, 9.17) is 9.97 Å². The molecule has 1 saturated heterocycles. The average Bonchev–Trinajstić information content (AvgIpc) is 3.52. The van der Waals surface area contributed by atoms with Crippen molar-refractivity contribution < 1.29 is 8.42 Å². The number of imidazole rings is 1. The molecule has 1 aliphatic rings. The Labute approximate surface area is 198 Å². The van der Waals surface area contributed by atoms with Gasteiger partial charge in [-0.05, 0) is 41.8 Å². The number of hydrogen-bond acceptors (Lipinski definition) is 7. The Morgan fingerprint density at radius 2 is 1.71 bits per heavy atom. The van der Waals surface area contributed by atoms with Gasteiger partial charge in [-0.15, -0.1) is 0 Å². The van der Waals surface area contributed by atoms with Gasteiger partial charge in [0.25, 0.3) is 0 Å². The van der Waals surface area contributed by atoms with Gasteiger partial charge in [0.05, 0.1) is 21.4 Å². The highest BCUT2D eigenvalue weighted by Crippen LogP contribution is 2.30. The number of piperazine rings is 1. The van der Waals surface area contributed by atoms with Crippen molar-refractivity contribution in [1.29, 1.82) is 0 Å². The van der Waals surface area contributed by atoms with Crippen LogP contribution in [0.5, 0.6) is 0 Å². The number of aromatic nitrogens is 4. The standard InChI is InChI=1S/C23H20N6O3S2/c30-23-25-19-6-5-16(13-20(19)26-23)34(31,32)29-10-8-28(9-11-29)22-17-3-1-2-4-18(17)24-21(27-22)15-7-12-33-14-15/h1-7,12-14H,8-11H2,(H2,25,26,30). The van der Waals surface area contributed by atoms with Gasteiger partial charge in [0, 0.05) is 42.5 Å². The molecule has 9 nitrogen and oxygen atoms in total. The molecule has 2 N–H and O–H groups in total. The summed E-state index contributed by atoms with van der Waals surface area (Å²) < 4.78 is 28.1. The van der Waals surface area contributed by atoms with Crippen LogP contribution < -0.4 is 10.6 Å². The van der Waals surface area contributed by atoms with Crippen LogP contribution in [-0.4, -0.2) is 58.8 Å². The normalized spacial score (nSPS) is 15.4. The average molecular weight is 493 g/mol. The number of thiophene rings is 1. The molecular weight excluding hydrogens is 472 g/mol. The molecule has 11 heteroatoms. The van der Waals surface area contributed by atoms with Crippen molar-refractivity contribution in [2.45, 2.75) is 4.90 Å². The fourth-order valence-corrected chi connectivity index (χ4v) is 6.37. The predicted molar refractivity (Wildman–Crippen MR) is 133 cm³/mol. The zero-order chi connectivity index (χ0) is 23.3. The van der Waals surface area contributed by atoms with Crippen molar-refractivity contribution in [2.75, 3.05) is 31.1 Å². The predicted octanol–water partition coefficient (Wildman–Crippen LogP) is 3.04. The summed E-state index contributed by atoms with van der Waals surface area (Å²) in [6.07, 6.45) is 0. The second-order valence-corrected chi connectivity index (χ2v) is 10.8. The Morgan fingerprint density at radius 1 is 0.912 bits per heavy atom. The lowest BCUT2D eigenvalue weighted by molar-refractivity contribution is 0.384. The zero-order valence-electron chi connectivity index (χ0n) is 17.9. The maximum absolute atomic E-state index is 13.3. The molecule has 0 radical (unpaired) electrons. The quantitative estimate of drug-likeness (QED) is 0.399. The van der Waals surface area contributed by atoms with Crippen molar-refractivity contribution >= 4 is 49.1 Å². The molecule has 0 amide bonds. The van der Waals surface area contributed by atoms with Crippen LogP contribution in [0.2, 0.25) is 0 Å². The van der Waals surface area contributed by atoms with E-state index >= 15 is 0 Å². The van der Waals surface area contributed by atoms with Gasteiger partial charge in [-0.3, -0.25) is 0 Å². The molecule has 1 aliphatic heterocycles. The Balaban J connectivity index is 1.29.